The predicted molar refractivity (Wildman–Crippen MR) is 99.2 cm³/mol. The van der Waals surface area contributed by atoms with Gasteiger partial charge in [0.25, 0.3) is 0 Å². The van der Waals surface area contributed by atoms with Crippen molar-refractivity contribution < 1.29 is 19.4 Å². The largest absolute Gasteiger partial charge is 0.466 e. The molecule has 0 aromatic heterocycles. The molecule has 0 radical (unpaired) electrons. The molecule has 0 aliphatic heterocycles. The molecular formula is C18H18Br2O4. The number of rotatable bonds is 6. The van der Waals surface area contributed by atoms with Gasteiger partial charge < -0.3 is 14.6 Å². The lowest BCUT2D eigenvalue weighted by atomic mass is 9.92. The Morgan fingerprint density at radius 3 is 2.42 bits per heavy atom. The summed E-state index contributed by atoms with van der Waals surface area (Å²) in [6.45, 7) is 3.62. The molecule has 4 nitrogen and oxygen atoms in total. The van der Waals surface area contributed by atoms with Crippen LogP contribution < -0.4 is 4.74 Å². The van der Waals surface area contributed by atoms with E-state index in [4.69, 9.17) is 9.47 Å². The Morgan fingerprint density at radius 2 is 1.83 bits per heavy atom. The second-order valence-corrected chi connectivity index (χ2v) is 7.23. The van der Waals surface area contributed by atoms with Crippen molar-refractivity contribution >= 4 is 37.8 Å². The van der Waals surface area contributed by atoms with E-state index in [2.05, 4.69) is 31.9 Å². The van der Waals surface area contributed by atoms with Gasteiger partial charge in [0.05, 0.1) is 23.1 Å². The minimum atomic E-state index is -1.29. The molecule has 1 unspecified atom stereocenters. The lowest BCUT2D eigenvalue weighted by Crippen LogP contribution is -2.26. The molecule has 128 valence electrons. The SMILES string of the molecule is CCOC(=O)CC(C)(O)c1ccc(Oc2ccc(Br)cc2Br)cc1. The van der Waals surface area contributed by atoms with Crippen molar-refractivity contribution in [3.63, 3.8) is 0 Å². The first-order valence-corrected chi connectivity index (χ1v) is 9.02. The van der Waals surface area contributed by atoms with Crippen molar-refractivity contribution in [3.05, 3.63) is 57.0 Å². The monoisotopic (exact) mass is 456 g/mol. The molecule has 0 bridgehead atoms. The maximum absolute atomic E-state index is 11.6. The standard InChI is InChI=1S/C18H18Br2O4/c1-3-23-17(21)11-18(2,22)12-4-7-14(8-5-12)24-16-9-6-13(19)10-15(16)20/h4-10,22H,3,11H2,1-2H3. The average molecular weight is 458 g/mol. The van der Waals surface area contributed by atoms with Crippen molar-refractivity contribution in [1.82, 2.24) is 0 Å². The van der Waals surface area contributed by atoms with Crippen molar-refractivity contribution in [2.75, 3.05) is 6.61 Å². The van der Waals surface area contributed by atoms with E-state index in [9.17, 15) is 9.90 Å². The van der Waals surface area contributed by atoms with E-state index in [0.29, 0.717) is 23.7 Å². The van der Waals surface area contributed by atoms with Crippen molar-refractivity contribution in [1.29, 1.82) is 0 Å². The number of esters is 1. The lowest BCUT2D eigenvalue weighted by molar-refractivity contribution is -0.148. The smallest absolute Gasteiger partial charge is 0.309 e. The molecule has 0 saturated carbocycles. The van der Waals surface area contributed by atoms with Crippen molar-refractivity contribution in [2.24, 2.45) is 0 Å². The summed E-state index contributed by atoms with van der Waals surface area (Å²) in [5, 5.41) is 10.5. The fraction of sp³-hybridized carbons (Fsp3) is 0.278. The highest BCUT2D eigenvalue weighted by atomic mass is 79.9. The molecule has 0 heterocycles. The van der Waals surface area contributed by atoms with E-state index in [0.717, 1.165) is 8.95 Å². The van der Waals surface area contributed by atoms with Crippen molar-refractivity contribution in [2.45, 2.75) is 25.9 Å². The zero-order chi connectivity index (χ0) is 17.7. The van der Waals surface area contributed by atoms with E-state index in [1.807, 2.05) is 18.2 Å². The molecule has 1 N–H and O–H groups in total. The Hall–Kier alpha value is -1.37. The predicted octanol–water partition coefficient (Wildman–Crippen LogP) is 5.16. The summed E-state index contributed by atoms with van der Waals surface area (Å²) < 4.78 is 12.5. The highest BCUT2D eigenvalue weighted by Crippen LogP contribution is 2.33. The summed E-state index contributed by atoms with van der Waals surface area (Å²) in [4.78, 5) is 11.6. The summed E-state index contributed by atoms with van der Waals surface area (Å²) >= 11 is 6.84. The molecule has 2 aromatic rings. The number of halogens is 2. The third-order valence-electron chi connectivity index (χ3n) is 3.39. The van der Waals surface area contributed by atoms with Crippen LogP contribution in [-0.4, -0.2) is 17.7 Å². The van der Waals surface area contributed by atoms with Gasteiger partial charge in [-0.1, -0.05) is 28.1 Å². The van der Waals surface area contributed by atoms with Gasteiger partial charge in [0.2, 0.25) is 0 Å². The topological polar surface area (TPSA) is 55.8 Å². The molecule has 24 heavy (non-hydrogen) atoms. The lowest BCUT2D eigenvalue weighted by Gasteiger charge is -2.23. The van der Waals surface area contributed by atoms with Crippen LogP contribution >= 0.6 is 31.9 Å². The molecule has 1 atom stereocenters. The van der Waals surface area contributed by atoms with Crippen LogP contribution in [0.3, 0.4) is 0 Å². The van der Waals surface area contributed by atoms with Crippen LogP contribution in [0.2, 0.25) is 0 Å². The molecule has 0 saturated heterocycles. The number of ether oxygens (including phenoxy) is 2. The van der Waals surface area contributed by atoms with Gasteiger partial charge in [0.1, 0.15) is 11.5 Å². The number of hydrogen-bond acceptors (Lipinski definition) is 4. The highest BCUT2D eigenvalue weighted by Gasteiger charge is 2.27. The van der Waals surface area contributed by atoms with Gasteiger partial charge in [-0.3, -0.25) is 4.79 Å². The van der Waals surface area contributed by atoms with E-state index >= 15 is 0 Å². The fourth-order valence-corrected chi connectivity index (χ4v) is 3.29. The molecule has 0 spiro atoms. The van der Waals surface area contributed by atoms with Crippen LogP contribution in [-0.2, 0) is 15.1 Å². The maximum Gasteiger partial charge on any atom is 0.309 e. The molecule has 2 rings (SSSR count). The minimum Gasteiger partial charge on any atom is -0.466 e. The van der Waals surface area contributed by atoms with Gasteiger partial charge >= 0.3 is 5.97 Å². The number of carbonyl (C=O) groups excluding carboxylic acids is 1. The Morgan fingerprint density at radius 1 is 1.17 bits per heavy atom. The number of carbonyl (C=O) groups is 1. The molecule has 0 aliphatic carbocycles. The Labute approximate surface area is 158 Å². The molecule has 2 aromatic carbocycles. The molecule has 0 aliphatic rings. The quantitative estimate of drug-likeness (QED) is 0.608. The Bertz CT molecular complexity index is 711. The Balaban J connectivity index is 2.11. The Kier molecular flexibility index (Phi) is 6.43. The summed E-state index contributed by atoms with van der Waals surface area (Å²) in [7, 11) is 0. The van der Waals surface area contributed by atoms with Gasteiger partial charge in [-0.05, 0) is 65.7 Å². The number of benzene rings is 2. The zero-order valence-corrected chi connectivity index (χ0v) is 16.6. The van der Waals surface area contributed by atoms with Crippen LogP contribution in [0.15, 0.2) is 51.4 Å². The maximum atomic E-state index is 11.6. The molecular weight excluding hydrogens is 440 g/mol. The van der Waals surface area contributed by atoms with Crippen LogP contribution in [0.4, 0.5) is 0 Å². The second kappa shape index (κ2) is 8.14. The average Bonchev–Trinajstić information content (AvgIpc) is 2.50. The molecule has 0 amide bonds. The summed E-state index contributed by atoms with van der Waals surface area (Å²) in [6, 6.07) is 12.6. The molecule has 0 fully saturated rings. The number of aliphatic hydroxyl groups is 1. The van der Waals surface area contributed by atoms with Crippen LogP contribution in [0, 0.1) is 0 Å². The van der Waals surface area contributed by atoms with E-state index < -0.39 is 11.6 Å². The van der Waals surface area contributed by atoms with Gasteiger partial charge in [0, 0.05) is 4.47 Å². The normalized spacial score (nSPS) is 13.2. The third kappa shape index (κ3) is 5.06. The number of hydrogen-bond donors (Lipinski definition) is 1. The second-order valence-electron chi connectivity index (χ2n) is 5.46. The van der Waals surface area contributed by atoms with Crippen LogP contribution in [0.25, 0.3) is 0 Å². The minimum absolute atomic E-state index is 0.0979. The van der Waals surface area contributed by atoms with E-state index in [1.54, 1.807) is 38.1 Å². The highest BCUT2D eigenvalue weighted by molar-refractivity contribution is 9.11. The molecule has 6 heteroatoms. The third-order valence-corrected chi connectivity index (χ3v) is 4.50. The first-order chi connectivity index (χ1) is 11.3. The summed E-state index contributed by atoms with van der Waals surface area (Å²) in [6.07, 6.45) is -0.0979. The van der Waals surface area contributed by atoms with Gasteiger partial charge in [-0.2, -0.15) is 0 Å². The fourth-order valence-electron chi connectivity index (χ4n) is 2.16. The summed E-state index contributed by atoms with van der Waals surface area (Å²) in [5.41, 5.74) is -0.666. The summed E-state index contributed by atoms with van der Waals surface area (Å²) in [5.74, 6) is 0.888. The van der Waals surface area contributed by atoms with E-state index in [-0.39, 0.29) is 6.42 Å². The zero-order valence-electron chi connectivity index (χ0n) is 13.4. The van der Waals surface area contributed by atoms with Gasteiger partial charge in [-0.15, -0.1) is 0 Å². The van der Waals surface area contributed by atoms with E-state index in [1.165, 1.54) is 0 Å². The first-order valence-electron chi connectivity index (χ1n) is 7.43. The van der Waals surface area contributed by atoms with Gasteiger partial charge in [-0.25, -0.2) is 0 Å². The van der Waals surface area contributed by atoms with Crippen LogP contribution in [0.5, 0.6) is 11.5 Å². The van der Waals surface area contributed by atoms with Crippen molar-refractivity contribution in [3.8, 4) is 11.5 Å². The first kappa shape index (κ1) is 19.0. The van der Waals surface area contributed by atoms with Crippen LogP contribution in [0.1, 0.15) is 25.8 Å². The van der Waals surface area contributed by atoms with Gasteiger partial charge in [0.15, 0.2) is 0 Å².